The molecule has 0 spiro atoms. The van der Waals surface area contributed by atoms with Gasteiger partial charge >= 0.3 is 0 Å². The van der Waals surface area contributed by atoms with Crippen LogP contribution in [0.5, 0.6) is 0 Å². The molecular formula is C10H11FI. The standard InChI is InChI=1S/C10H11FI/c1-7(6-11)9-4-3-5-10(12)8(9)2/h3-5H,6H2,1-2H3. The predicted octanol–water partition coefficient (Wildman–Crippen LogP) is 3.51. The van der Waals surface area contributed by atoms with Crippen LogP contribution in [0.4, 0.5) is 4.39 Å². The zero-order valence-electron chi connectivity index (χ0n) is 7.20. The summed E-state index contributed by atoms with van der Waals surface area (Å²) in [5, 5.41) is 0. The highest BCUT2D eigenvalue weighted by atomic mass is 127. The van der Waals surface area contributed by atoms with E-state index in [-0.39, 0.29) is 6.67 Å². The third kappa shape index (κ3) is 1.97. The predicted molar refractivity (Wildman–Crippen MR) is 57.9 cm³/mol. The van der Waals surface area contributed by atoms with Crippen LogP contribution in [0.3, 0.4) is 0 Å². The summed E-state index contributed by atoms with van der Waals surface area (Å²) in [6, 6.07) is 5.96. The molecule has 2 heteroatoms. The number of hydrogen-bond donors (Lipinski definition) is 0. The van der Waals surface area contributed by atoms with Gasteiger partial charge in [-0.1, -0.05) is 19.1 Å². The lowest BCUT2D eigenvalue weighted by Crippen LogP contribution is -2.00. The van der Waals surface area contributed by atoms with Crippen LogP contribution in [-0.2, 0) is 0 Å². The summed E-state index contributed by atoms with van der Waals surface area (Å²) in [6.07, 6.45) is 0. The van der Waals surface area contributed by atoms with Gasteiger partial charge in [-0.3, -0.25) is 4.39 Å². The molecule has 0 unspecified atom stereocenters. The van der Waals surface area contributed by atoms with Crippen LogP contribution in [0.15, 0.2) is 18.2 Å². The largest absolute Gasteiger partial charge is 0.250 e. The Morgan fingerprint density at radius 1 is 1.50 bits per heavy atom. The molecule has 0 nitrogen and oxygen atoms in total. The lowest BCUT2D eigenvalue weighted by molar-refractivity contribution is 0.515. The van der Waals surface area contributed by atoms with Gasteiger partial charge in [0.15, 0.2) is 0 Å². The second-order valence-electron chi connectivity index (χ2n) is 2.83. The SMILES string of the molecule is C[C](CF)c1cccc(I)c1C. The van der Waals surface area contributed by atoms with Crippen molar-refractivity contribution in [1.29, 1.82) is 0 Å². The van der Waals surface area contributed by atoms with E-state index in [1.807, 2.05) is 32.0 Å². The third-order valence-electron chi connectivity index (χ3n) is 1.93. The van der Waals surface area contributed by atoms with Crippen LogP contribution in [0.2, 0.25) is 0 Å². The van der Waals surface area contributed by atoms with Crippen molar-refractivity contribution in [2.24, 2.45) is 0 Å². The highest BCUT2D eigenvalue weighted by Crippen LogP contribution is 2.22. The van der Waals surface area contributed by atoms with E-state index >= 15 is 0 Å². The van der Waals surface area contributed by atoms with E-state index < -0.39 is 0 Å². The second kappa shape index (κ2) is 4.21. The van der Waals surface area contributed by atoms with Crippen molar-refractivity contribution in [1.82, 2.24) is 0 Å². The first-order valence-electron chi connectivity index (χ1n) is 3.80. The normalized spacial score (nSPS) is 10.8. The summed E-state index contributed by atoms with van der Waals surface area (Å²) in [6.45, 7) is 3.50. The molecule has 1 radical (unpaired) electrons. The molecular weight excluding hydrogens is 266 g/mol. The van der Waals surface area contributed by atoms with Crippen LogP contribution in [0.25, 0.3) is 0 Å². The maximum Gasteiger partial charge on any atom is 0.0997 e. The van der Waals surface area contributed by atoms with Gasteiger partial charge in [0.25, 0.3) is 0 Å². The molecule has 0 aliphatic rings. The first kappa shape index (κ1) is 9.96. The minimum Gasteiger partial charge on any atom is -0.250 e. The summed E-state index contributed by atoms with van der Waals surface area (Å²) in [7, 11) is 0. The zero-order chi connectivity index (χ0) is 9.14. The van der Waals surface area contributed by atoms with Gasteiger partial charge in [0.2, 0.25) is 0 Å². The van der Waals surface area contributed by atoms with Gasteiger partial charge in [-0.15, -0.1) is 0 Å². The fraction of sp³-hybridized carbons (Fsp3) is 0.300. The van der Waals surface area contributed by atoms with Crippen LogP contribution < -0.4 is 0 Å². The summed E-state index contributed by atoms with van der Waals surface area (Å²) in [5.41, 5.74) is 2.22. The number of halogens is 2. The van der Waals surface area contributed by atoms with Gasteiger partial charge in [0, 0.05) is 9.49 Å². The Morgan fingerprint density at radius 3 is 2.75 bits per heavy atom. The summed E-state index contributed by atoms with van der Waals surface area (Å²) in [5.74, 6) is 0.811. The molecule has 12 heavy (non-hydrogen) atoms. The number of rotatable bonds is 2. The van der Waals surface area contributed by atoms with Crippen LogP contribution >= 0.6 is 22.6 Å². The van der Waals surface area contributed by atoms with E-state index in [0.29, 0.717) is 0 Å². The molecule has 0 saturated carbocycles. The highest BCUT2D eigenvalue weighted by molar-refractivity contribution is 14.1. The van der Waals surface area contributed by atoms with Crippen molar-refractivity contribution in [3.63, 3.8) is 0 Å². The lowest BCUT2D eigenvalue weighted by atomic mass is 9.98. The maximum absolute atomic E-state index is 12.3. The molecule has 0 aromatic heterocycles. The molecule has 0 saturated heterocycles. The van der Waals surface area contributed by atoms with Gasteiger partial charge < -0.3 is 0 Å². The van der Waals surface area contributed by atoms with Gasteiger partial charge in [0.1, 0.15) is 0 Å². The molecule has 0 aliphatic carbocycles. The molecule has 1 rings (SSSR count). The minimum absolute atomic E-state index is 0.360. The molecule has 0 atom stereocenters. The molecule has 0 amide bonds. The number of alkyl halides is 1. The molecule has 0 heterocycles. The maximum atomic E-state index is 12.3. The van der Waals surface area contributed by atoms with Gasteiger partial charge in [-0.25, -0.2) is 0 Å². The fourth-order valence-corrected chi connectivity index (χ4v) is 1.64. The second-order valence-corrected chi connectivity index (χ2v) is 3.99. The van der Waals surface area contributed by atoms with Crippen molar-refractivity contribution in [2.45, 2.75) is 13.8 Å². The van der Waals surface area contributed by atoms with E-state index in [1.54, 1.807) is 0 Å². The van der Waals surface area contributed by atoms with Crippen molar-refractivity contribution >= 4 is 22.6 Å². The number of benzene rings is 1. The Kier molecular flexibility index (Phi) is 3.50. The van der Waals surface area contributed by atoms with Crippen molar-refractivity contribution in [3.8, 4) is 0 Å². The molecule has 0 aliphatic heterocycles. The average Bonchev–Trinajstić information content (AvgIpc) is 2.08. The van der Waals surface area contributed by atoms with Gasteiger partial charge in [-0.05, 0) is 46.7 Å². The first-order chi connectivity index (χ1) is 5.66. The highest BCUT2D eigenvalue weighted by Gasteiger charge is 2.09. The van der Waals surface area contributed by atoms with Crippen molar-refractivity contribution in [3.05, 3.63) is 38.8 Å². The minimum atomic E-state index is -0.360. The Labute approximate surface area is 86.3 Å². The van der Waals surface area contributed by atoms with E-state index in [9.17, 15) is 4.39 Å². The molecule has 0 bridgehead atoms. The van der Waals surface area contributed by atoms with Crippen LogP contribution in [0, 0.1) is 16.4 Å². The summed E-state index contributed by atoms with van der Waals surface area (Å²) >= 11 is 2.26. The molecule has 0 fully saturated rings. The van der Waals surface area contributed by atoms with Crippen LogP contribution in [0.1, 0.15) is 18.1 Å². The smallest absolute Gasteiger partial charge is 0.0997 e. The molecule has 1 aromatic carbocycles. The van der Waals surface area contributed by atoms with E-state index in [0.717, 1.165) is 11.5 Å². The Morgan fingerprint density at radius 2 is 2.17 bits per heavy atom. The Balaban J connectivity index is 3.07. The summed E-state index contributed by atoms with van der Waals surface area (Å²) < 4.78 is 13.5. The zero-order valence-corrected chi connectivity index (χ0v) is 9.35. The molecule has 65 valence electrons. The lowest BCUT2D eigenvalue weighted by Gasteiger charge is -2.10. The third-order valence-corrected chi connectivity index (χ3v) is 3.10. The first-order valence-corrected chi connectivity index (χ1v) is 4.88. The average molecular weight is 277 g/mol. The Hall–Kier alpha value is -0.120. The summed E-state index contributed by atoms with van der Waals surface area (Å²) in [4.78, 5) is 0. The molecule has 1 aromatic rings. The monoisotopic (exact) mass is 277 g/mol. The fourth-order valence-electron chi connectivity index (χ4n) is 1.14. The topological polar surface area (TPSA) is 0 Å². The van der Waals surface area contributed by atoms with Gasteiger partial charge in [-0.2, -0.15) is 0 Å². The van der Waals surface area contributed by atoms with Crippen LogP contribution in [-0.4, -0.2) is 6.67 Å². The van der Waals surface area contributed by atoms with E-state index in [1.165, 1.54) is 9.13 Å². The van der Waals surface area contributed by atoms with E-state index in [2.05, 4.69) is 22.6 Å². The quantitative estimate of drug-likeness (QED) is 0.726. The van der Waals surface area contributed by atoms with Gasteiger partial charge in [0.05, 0.1) is 6.67 Å². The number of hydrogen-bond acceptors (Lipinski definition) is 0. The Bertz CT molecular complexity index is 271. The van der Waals surface area contributed by atoms with E-state index in [4.69, 9.17) is 0 Å². The molecule has 0 N–H and O–H groups in total. The van der Waals surface area contributed by atoms with Crippen molar-refractivity contribution in [2.75, 3.05) is 6.67 Å². The van der Waals surface area contributed by atoms with Crippen molar-refractivity contribution < 1.29 is 4.39 Å².